The van der Waals surface area contributed by atoms with E-state index in [1.807, 2.05) is 25.1 Å². The van der Waals surface area contributed by atoms with Crippen LogP contribution in [0.2, 0.25) is 0 Å². The fourth-order valence-electron chi connectivity index (χ4n) is 4.46. The molecule has 0 bridgehead atoms. The Morgan fingerprint density at radius 3 is 2.77 bits per heavy atom. The molecule has 0 N–H and O–H groups in total. The van der Waals surface area contributed by atoms with Crippen LogP contribution in [0.25, 0.3) is 16.6 Å². The van der Waals surface area contributed by atoms with Gasteiger partial charge in [0.25, 0.3) is 5.91 Å². The van der Waals surface area contributed by atoms with Gasteiger partial charge in [0.15, 0.2) is 5.65 Å². The molecule has 5 rings (SSSR count). The lowest BCUT2D eigenvalue weighted by molar-refractivity contribution is 0.0660. The Hall–Kier alpha value is -3.35. The van der Waals surface area contributed by atoms with Crippen LogP contribution in [0.15, 0.2) is 48.5 Å². The predicted molar refractivity (Wildman–Crippen MR) is 112 cm³/mol. The van der Waals surface area contributed by atoms with E-state index in [-0.39, 0.29) is 17.5 Å². The zero-order valence-corrected chi connectivity index (χ0v) is 16.8. The predicted octanol–water partition coefficient (Wildman–Crippen LogP) is 4.31. The average molecular weight is 403 g/mol. The van der Waals surface area contributed by atoms with E-state index in [0.29, 0.717) is 12.2 Å². The highest BCUT2D eigenvalue weighted by molar-refractivity contribution is 5.95. The maximum Gasteiger partial charge on any atom is 0.257 e. The maximum atomic E-state index is 14.4. The number of aryl methyl sites for hydroxylation is 1. The topological polar surface area (TPSA) is 63.4 Å². The molecule has 1 fully saturated rings. The molecule has 152 valence electrons. The van der Waals surface area contributed by atoms with Crippen molar-refractivity contribution in [2.24, 2.45) is 0 Å². The van der Waals surface area contributed by atoms with E-state index in [1.54, 1.807) is 27.6 Å². The number of benzene rings is 2. The van der Waals surface area contributed by atoms with E-state index in [1.165, 1.54) is 6.07 Å². The first-order valence-corrected chi connectivity index (χ1v) is 10.3. The second-order valence-corrected chi connectivity index (χ2v) is 8.00. The van der Waals surface area contributed by atoms with Gasteiger partial charge in [0, 0.05) is 17.0 Å². The third kappa shape index (κ3) is 3.20. The van der Waals surface area contributed by atoms with Gasteiger partial charge in [-0.25, -0.2) is 4.39 Å². The number of nitrogens with zero attached hydrogens (tertiary/aromatic N) is 5. The standard InChI is InChI=1S/C23H22FN5O/c1-15-10-11-21-16(12-15)13-17(22-25-26-27-29(21)22)14-28(18-6-2-3-7-18)23(30)19-8-4-5-9-20(19)24/h4-5,8-13,18H,2-3,6-7,14H2,1H3. The van der Waals surface area contributed by atoms with Crippen molar-refractivity contribution in [2.45, 2.75) is 45.2 Å². The lowest BCUT2D eigenvalue weighted by Crippen LogP contribution is -2.38. The van der Waals surface area contributed by atoms with Crippen molar-refractivity contribution < 1.29 is 9.18 Å². The second-order valence-electron chi connectivity index (χ2n) is 8.00. The molecule has 0 spiro atoms. The van der Waals surface area contributed by atoms with Gasteiger partial charge in [-0.05, 0) is 60.5 Å². The molecule has 30 heavy (non-hydrogen) atoms. The molecular formula is C23H22FN5O. The molecule has 2 aromatic carbocycles. The number of aromatic nitrogens is 4. The number of amides is 1. The summed E-state index contributed by atoms with van der Waals surface area (Å²) in [6, 6.07) is 14.4. The van der Waals surface area contributed by atoms with E-state index in [9.17, 15) is 9.18 Å². The molecule has 7 heteroatoms. The number of carbonyl (C=O) groups excluding carboxylic acids is 1. The summed E-state index contributed by atoms with van der Waals surface area (Å²) in [5.74, 6) is -0.774. The molecule has 1 saturated carbocycles. The molecule has 0 atom stereocenters. The molecule has 0 unspecified atom stereocenters. The van der Waals surface area contributed by atoms with Crippen LogP contribution in [0.3, 0.4) is 0 Å². The Morgan fingerprint density at radius 1 is 1.17 bits per heavy atom. The molecule has 1 aliphatic carbocycles. The third-order valence-corrected chi connectivity index (χ3v) is 5.97. The molecule has 1 amide bonds. The highest BCUT2D eigenvalue weighted by Gasteiger charge is 2.30. The molecule has 0 saturated heterocycles. The van der Waals surface area contributed by atoms with E-state index in [2.05, 4.69) is 21.6 Å². The lowest BCUT2D eigenvalue weighted by Gasteiger charge is -2.29. The Balaban J connectivity index is 1.61. The number of fused-ring (bicyclic) bond motifs is 3. The molecule has 2 aromatic heterocycles. The Labute approximate surface area is 173 Å². The van der Waals surface area contributed by atoms with E-state index >= 15 is 0 Å². The summed E-state index contributed by atoms with van der Waals surface area (Å²) in [5.41, 5.74) is 3.63. The molecule has 0 aliphatic heterocycles. The van der Waals surface area contributed by atoms with Crippen LogP contribution in [0.1, 0.15) is 47.2 Å². The van der Waals surface area contributed by atoms with E-state index in [4.69, 9.17) is 0 Å². The van der Waals surface area contributed by atoms with Crippen molar-refractivity contribution in [3.05, 3.63) is 71.0 Å². The van der Waals surface area contributed by atoms with Gasteiger partial charge >= 0.3 is 0 Å². The Bertz CT molecular complexity index is 1250. The molecule has 2 heterocycles. The highest BCUT2D eigenvalue weighted by Crippen LogP contribution is 2.29. The van der Waals surface area contributed by atoms with Crippen molar-refractivity contribution in [3.8, 4) is 0 Å². The van der Waals surface area contributed by atoms with Gasteiger partial charge in [-0.15, -0.1) is 5.10 Å². The molecule has 0 radical (unpaired) electrons. The smallest absolute Gasteiger partial charge is 0.257 e. The first-order valence-electron chi connectivity index (χ1n) is 10.3. The van der Waals surface area contributed by atoms with Gasteiger partial charge in [-0.1, -0.05) is 36.6 Å². The number of carbonyl (C=O) groups is 1. The van der Waals surface area contributed by atoms with Gasteiger partial charge in [0.1, 0.15) is 5.82 Å². The highest BCUT2D eigenvalue weighted by atomic mass is 19.1. The fraction of sp³-hybridized carbons (Fsp3) is 0.304. The number of hydrogen-bond acceptors (Lipinski definition) is 4. The largest absolute Gasteiger partial charge is 0.331 e. The summed E-state index contributed by atoms with van der Waals surface area (Å²) in [7, 11) is 0. The van der Waals surface area contributed by atoms with Gasteiger partial charge in [0.05, 0.1) is 17.6 Å². The summed E-state index contributed by atoms with van der Waals surface area (Å²) in [6.45, 7) is 2.38. The monoisotopic (exact) mass is 403 g/mol. The number of pyridine rings is 1. The van der Waals surface area contributed by atoms with Crippen LogP contribution in [0, 0.1) is 12.7 Å². The summed E-state index contributed by atoms with van der Waals surface area (Å²) in [6.07, 6.45) is 4.00. The van der Waals surface area contributed by atoms with Crippen LogP contribution in [-0.2, 0) is 6.54 Å². The summed E-state index contributed by atoms with van der Waals surface area (Å²) in [5, 5.41) is 13.2. The van der Waals surface area contributed by atoms with Crippen LogP contribution >= 0.6 is 0 Å². The van der Waals surface area contributed by atoms with Gasteiger partial charge in [0.2, 0.25) is 0 Å². The van der Waals surface area contributed by atoms with Crippen LogP contribution in [-0.4, -0.2) is 36.9 Å². The normalized spacial score (nSPS) is 14.6. The molecule has 6 nitrogen and oxygen atoms in total. The maximum absolute atomic E-state index is 14.4. The number of halogens is 1. The minimum atomic E-state index is -0.492. The fourth-order valence-corrected chi connectivity index (χ4v) is 4.46. The minimum absolute atomic E-state index is 0.0845. The van der Waals surface area contributed by atoms with Crippen molar-refractivity contribution in [1.29, 1.82) is 0 Å². The summed E-state index contributed by atoms with van der Waals surface area (Å²) in [4.78, 5) is 15.2. The van der Waals surface area contributed by atoms with Crippen LogP contribution in [0.5, 0.6) is 0 Å². The van der Waals surface area contributed by atoms with Gasteiger partial charge < -0.3 is 4.90 Å². The van der Waals surface area contributed by atoms with Crippen LogP contribution in [0.4, 0.5) is 4.39 Å². The quantitative estimate of drug-likeness (QED) is 0.509. The zero-order valence-electron chi connectivity index (χ0n) is 16.8. The first kappa shape index (κ1) is 18.7. The van der Waals surface area contributed by atoms with Gasteiger partial charge in [-0.3, -0.25) is 4.79 Å². The summed E-state index contributed by atoms with van der Waals surface area (Å²) < 4.78 is 16.1. The lowest BCUT2D eigenvalue weighted by atomic mass is 10.1. The average Bonchev–Trinajstić information content (AvgIpc) is 3.44. The minimum Gasteiger partial charge on any atom is -0.331 e. The zero-order chi connectivity index (χ0) is 20.7. The molecular weight excluding hydrogens is 381 g/mol. The van der Waals surface area contributed by atoms with Crippen LogP contribution < -0.4 is 0 Å². The molecule has 1 aliphatic rings. The number of tetrazole rings is 1. The Morgan fingerprint density at radius 2 is 1.97 bits per heavy atom. The number of rotatable bonds is 4. The Kier molecular flexibility index (Phi) is 4.65. The second kappa shape index (κ2) is 7.48. The molecule has 4 aromatic rings. The SMILES string of the molecule is Cc1ccc2c(c1)cc(CN(C(=O)c1ccccc1F)C1CCCC1)c1nnnn12. The van der Waals surface area contributed by atoms with E-state index < -0.39 is 5.82 Å². The van der Waals surface area contributed by atoms with E-state index in [0.717, 1.165) is 47.7 Å². The van der Waals surface area contributed by atoms with Crippen molar-refractivity contribution in [3.63, 3.8) is 0 Å². The third-order valence-electron chi connectivity index (χ3n) is 5.97. The van der Waals surface area contributed by atoms with Crippen molar-refractivity contribution >= 4 is 22.5 Å². The van der Waals surface area contributed by atoms with Crippen molar-refractivity contribution in [2.75, 3.05) is 0 Å². The van der Waals surface area contributed by atoms with Gasteiger partial charge in [-0.2, -0.15) is 4.52 Å². The number of hydrogen-bond donors (Lipinski definition) is 0. The first-order chi connectivity index (χ1) is 14.6. The summed E-state index contributed by atoms with van der Waals surface area (Å²) >= 11 is 0. The van der Waals surface area contributed by atoms with Crippen molar-refractivity contribution in [1.82, 2.24) is 24.9 Å².